The van der Waals surface area contributed by atoms with E-state index >= 15 is 0 Å². The lowest BCUT2D eigenvalue weighted by atomic mass is 9.89. The number of ether oxygens (including phenoxy) is 2. The van der Waals surface area contributed by atoms with E-state index in [1.54, 1.807) is 0 Å². The summed E-state index contributed by atoms with van der Waals surface area (Å²) in [5, 5.41) is 4.29. The van der Waals surface area contributed by atoms with Crippen molar-refractivity contribution < 1.29 is 19.1 Å². The van der Waals surface area contributed by atoms with Crippen LogP contribution in [0, 0.1) is 6.92 Å². The molecular weight excluding hydrogens is 504 g/mol. The van der Waals surface area contributed by atoms with E-state index in [1.165, 1.54) is 10.9 Å². The molecule has 4 aromatic rings. The van der Waals surface area contributed by atoms with Crippen LogP contribution >= 0.6 is 0 Å². The maximum atomic E-state index is 13.2. The molecule has 8 heteroatoms. The molecule has 4 heterocycles. The number of carbonyl (C=O) groups is 2. The molecule has 0 aliphatic carbocycles. The third-order valence-corrected chi connectivity index (χ3v) is 7.96. The molecule has 0 radical (unpaired) electrons. The third kappa shape index (κ3) is 5.52. The lowest BCUT2D eigenvalue weighted by Gasteiger charge is -2.32. The number of benzene rings is 2. The second-order valence-electron chi connectivity index (χ2n) is 10.6. The Bertz CT molecular complexity index is 1540. The van der Waals surface area contributed by atoms with Crippen LogP contribution in [0.1, 0.15) is 58.1 Å². The van der Waals surface area contributed by atoms with Crippen LogP contribution < -0.4 is 14.8 Å². The first kappa shape index (κ1) is 25.9. The number of carbonyl (C=O) groups excluding carboxylic acids is 2. The number of aryl methyl sites for hydroxylation is 2. The zero-order valence-electron chi connectivity index (χ0n) is 22.7. The average molecular weight is 539 g/mol. The van der Waals surface area contributed by atoms with Gasteiger partial charge in [-0.05, 0) is 74.1 Å². The molecule has 2 aliphatic heterocycles. The quantitative estimate of drug-likeness (QED) is 0.332. The van der Waals surface area contributed by atoms with Crippen LogP contribution in [0.5, 0.6) is 11.5 Å². The highest BCUT2D eigenvalue weighted by atomic mass is 16.7. The molecule has 1 saturated heterocycles. The van der Waals surface area contributed by atoms with Crippen molar-refractivity contribution in [2.24, 2.45) is 0 Å². The van der Waals surface area contributed by atoms with E-state index in [9.17, 15) is 9.59 Å². The molecule has 206 valence electrons. The maximum absolute atomic E-state index is 13.2. The van der Waals surface area contributed by atoms with Crippen LogP contribution in [-0.2, 0) is 17.6 Å². The molecule has 40 heavy (non-hydrogen) atoms. The molecule has 2 aliphatic rings. The number of likely N-dealkylation sites (tertiary alicyclic amines) is 1. The van der Waals surface area contributed by atoms with Crippen LogP contribution in [0.3, 0.4) is 0 Å². The highest BCUT2D eigenvalue weighted by molar-refractivity contribution is 5.95. The molecule has 0 unspecified atom stereocenters. The van der Waals surface area contributed by atoms with E-state index < -0.39 is 0 Å². The molecule has 0 saturated carbocycles. The van der Waals surface area contributed by atoms with Gasteiger partial charge in [0.2, 0.25) is 12.7 Å². The van der Waals surface area contributed by atoms with Crippen molar-refractivity contribution >= 4 is 22.7 Å². The summed E-state index contributed by atoms with van der Waals surface area (Å²) in [6.07, 6.45) is 5.47. The molecule has 6 rings (SSSR count). The number of amides is 2. The summed E-state index contributed by atoms with van der Waals surface area (Å²) in [6, 6.07) is 17.8. The van der Waals surface area contributed by atoms with Gasteiger partial charge in [0.1, 0.15) is 0 Å². The van der Waals surface area contributed by atoms with Crippen molar-refractivity contribution in [3.05, 3.63) is 88.9 Å². The molecular formula is C32H34N4O4. The smallest absolute Gasteiger partial charge is 0.253 e. The first-order valence-electron chi connectivity index (χ1n) is 14.0. The van der Waals surface area contributed by atoms with Gasteiger partial charge in [-0.25, -0.2) is 0 Å². The zero-order chi connectivity index (χ0) is 27.5. The topological polar surface area (TPSA) is 96.6 Å². The minimum Gasteiger partial charge on any atom is -0.454 e. The lowest BCUT2D eigenvalue weighted by Crippen LogP contribution is -2.38. The number of hydrogen-bond donors (Lipinski definition) is 2. The van der Waals surface area contributed by atoms with Crippen LogP contribution in [0.15, 0.2) is 60.8 Å². The number of para-hydroxylation sites is 1. The number of nitrogens with zero attached hydrogens (tertiary/aromatic N) is 2. The van der Waals surface area contributed by atoms with Gasteiger partial charge in [-0.2, -0.15) is 0 Å². The number of fused-ring (bicyclic) bond motifs is 2. The normalized spacial score (nSPS) is 15.0. The standard InChI is InChI=1S/C32H34N4O4/c1-21-6-9-26(32(38)33-15-12-24-19-34-27-5-3-2-4-25(24)27)31(35-21)23-13-16-36(17-14-23)30(37)11-8-22-7-10-28-29(18-22)40-20-39-28/h2-7,9-10,18-19,23,34H,8,11-17,20H2,1H3,(H,33,38). The van der Waals surface area contributed by atoms with Crippen LogP contribution in [0.4, 0.5) is 0 Å². The molecule has 1 fully saturated rings. The van der Waals surface area contributed by atoms with Gasteiger partial charge in [0.05, 0.1) is 11.3 Å². The van der Waals surface area contributed by atoms with Crippen LogP contribution in [-0.4, -0.2) is 53.1 Å². The molecule has 0 spiro atoms. The number of aromatic nitrogens is 2. The second kappa shape index (κ2) is 11.4. The van der Waals surface area contributed by atoms with Crippen molar-refractivity contribution in [2.45, 2.75) is 44.9 Å². The van der Waals surface area contributed by atoms with Crippen molar-refractivity contribution in [3.8, 4) is 11.5 Å². The molecule has 2 aromatic heterocycles. The second-order valence-corrected chi connectivity index (χ2v) is 10.6. The highest BCUT2D eigenvalue weighted by Crippen LogP contribution is 2.33. The van der Waals surface area contributed by atoms with E-state index in [4.69, 9.17) is 14.5 Å². The number of nitrogens with one attached hydrogen (secondary N) is 2. The van der Waals surface area contributed by atoms with E-state index in [-0.39, 0.29) is 24.5 Å². The van der Waals surface area contributed by atoms with E-state index in [0.29, 0.717) is 38.0 Å². The van der Waals surface area contributed by atoms with Gasteiger partial charge in [0, 0.05) is 54.8 Å². The minimum atomic E-state index is -0.0930. The molecule has 2 amide bonds. The Morgan fingerprint density at radius 3 is 2.73 bits per heavy atom. The van der Waals surface area contributed by atoms with Crippen LogP contribution in [0.2, 0.25) is 0 Å². The number of aromatic amines is 1. The summed E-state index contributed by atoms with van der Waals surface area (Å²) in [5.74, 6) is 1.71. The largest absolute Gasteiger partial charge is 0.454 e. The Morgan fingerprint density at radius 2 is 1.85 bits per heavy atom. The van der Waals surface area contributed by atoms with Gasteiger partial charge in [0.25, 0.3) is 5.91 Å². The number of piperidine rings is 1. The molecule has 2 N–H and O–H groups in total. The monoisotopic (exact) mass is 538 g/mol. The Kier molecular flexibility index (Phi) is 7.40. The Morgan fingerprint density at radius 1 is 1.02 bits per heavy atom. The predicted molar refractivity (Wildman–Crippen MR) is 153 cm³/mol. The van der Waals surface area contributed by atoms with Crippen molar-refractivity contribution in [1.29, 1.82) is 0 Å². The number of H-pyrrole nitrogens is 1. The fraction of sp³-hybridized carbons (Fsp3) is 0.344. The summed E-state index contributed by atoms with van der Waals surface area (Å²) in [7, 11) is 0. The fourth-order valence-corrected chi connectivity index (χ4v) is 5.73. The SMILES string of the molecule is Cc1ccc(C(=O)NCCc2c[nH]c3ccccc23)c(C2CCN(C(=O)CCc3ccc4c(c3)OCO4)CC2)n1. The van der Waals surface area contributed by atoms with E-state index in [0.717, 1.165) is 53.2 Å². The van der Waals surface area contributed by atoms with Gasteiger partial charge in [-0.15, -0.1) is 0 Å². The minimum absolute atomic E-state index is 0.0930. The third-order valence-electron chi connectivity index (χ3n) is 7.96. The first-order valence-corrected chi connectivity index (χ1v) is 14.0. The summed E-state index contributed by atoms with van der Waals surface area (Å²) in [5.41, 5.74) is 5.74. The number of pyridine rings is 1. The summed E-state index contributed by atoms with van der Waals surface area (Å²) in [4.78, 5) is 36.2. The molecule has 0 bridgehead atoms. The number of hydrogen-bond acceptors (Lipinski definition) is 5. The Balaban J connectivity index is 1.03. The first-order chi connectivity index (χ1) is 19.5. The summed E-state index contributed by atoms with van der Waals surface area (Å²) in [6.45, 7) is 4.09. The van der Waals surface area contributed by atoms with Gasteiger partial charge in [-0.1, -0.05) is 24.3 Å². The van der Waals surface area contributed by atoms with Crippen molar-refractivity contribution in [3.63, 3.8) is 0 Å². The zero-order valence-corrected chi connectivity index (χ0v) is 22.7. The Labute approximate surface area is 233 Å². The molecule has 2 aromatic carbocycles. The Hall–Kier alpha value is -4.33. The summed E-state index contributed by atoms with van der Waals surface area (Å²) >= 11 is 0. The fourth-order valence-electron chi connectivity index (χ4n) is 5.73. The van der Waals surface area contributed by atoms with Gasteiger partial charge >= 0.3 is 0 Å². The highest BCUT2D eigenvalue weighted by Gasteiger charge is 2.28. The predicted octanol–water partition coefficient (Wildman–Crippen LogP) is 4.91. The van der Waals surface area contributed by atoms with E-state index in [2.05, 4.69) is 22.4 Å². The summed E-state index contributed by atoms with van der Waals surface area (Å²) < 4.78 is 10.8. The molecule has 0 atom stereocenters. The average Bonchev–Trinajstić information content (AvgIpc) is 3.63. The number of rotatable bonds is 8. The lowest BCUT2D eigenvalue weighted by molar-refractivity contribution is -0.132. The maximum Gasteiger partial charge on any atom is 0.253 e. The van der Waals surface area contributed by atoms with Gasteiger partial charge < -0.3 is 24.7 Å². The van der Waals surface area contributed by atoms with Gasteiger partial charge in [-0.3, -0.25) is 14.6 Å². The van der Waals surface area contributed by atoms with E-state index in [1.807, 2.05) is 60.5 Å². The van der Waals surface area contributed by atoms with Crippen LogP contribution in [0.25, 0.3) is 10.9 Å². The van der Waals surface area contributed by atoms with Crippen molar-refractivity contribution in [1.82, 2.24) is 20.2 Å². The van der Waals surface area contributed by atoms with Crippen molar-refractivity contribution in [2.75, 3.05) is 26.4 Å². The van der Waals surface area contributed by atoms with Gasteiger partial charge in [0.15, 0.2) is 11.5 Å². The molecule has 8 nitrogen and oxygen atoms in total.